The highest BCUT2D eigenvalue weighted by Crippen LogP contribution is 2.26. The van der Waals surface area contributed by atoms with Crippen LogP contribution in [0.15, 0.2) is 28.1 Å². The van der Waals surface area contributed by atoms with Crippen molar-refractivity contribution in [1.29, 1.82) is 0 Å². The largest absolute Gasteiger partial charge is 0.482 e. The molecule has 0 bridgehead atoms. The van der Waals surface area contributed by atoms with Gasteiger partial charge in [-0.25, -0.2) is 8.78 Å². The number of thiophene rings is 1. The van der Waals surface area contributed by atoms with Crippen molar-refractivity contribution >= 4 is 27.3 Å². The van der Waals surface area contributed by atoms with Crippen molar-refractivity contribution in [3.63, 3.8) is 0 Å². The summed E-state index contributed by atoms with van der Waals surface area (Å²) < 4.78 is 33.2. The summed E-state index contributed by atoms with van der Waals surface area (Å²) in [5.41, 5.74) is 5.73. The summed E-state index contributed by atoms with van der Waals surface area (Å²) in [7, 11) is 0. The van der Waals surface area contributed by atoms with E-state index >= 15 is 0 Å². The van der Waals surface area contributed by atoms with Crippen LogP contribution in [0.4, 0.5) is 8.78 Å². The van der Waals surface area contributed by atoms with Crippen LogP contribution in [0.3, 0.4) is 0 Å². The van der Waals surface area contributed by atoms with Crippen LogP contribution in [-0.2, 0) is 13.2 Å². The van der Waals surface area contributed by atoms with Crippen molar-refractivity contribution in [2.75, 3.05) is 0 Å². The van der Waals surface area contributed by atoms with Crippen molar-refractivity contribution in [2.45, 2.75) is 13.2 Å². The van der Waals surface area contributed by atoms with Crippen LogP contribution >= 0.6 is 27.3 Å². The number of hydrogen-bond acceptors (Lipinski definition) is 3. The fourth-order valence-corrected chi connectivity index (χ4v) is 2.80. The summed E-state index contributed by atoms with van der Waals surface area (Å²) in [6, 6.07) is 4.21. The first-order valence-electron chi connectivity index (χ1n) is 5.14. The zero-order valence-corrected chi connectivity index (χ0v) is 11.7. The van der Waals surface area contributed by atoms with Gasteiger partial charge in [-0.05, 0) is 39.7 Å². The van der Waals surface area contributed by atoms with Crippen molar-refractivity contribution in [2.24, 2.45) is 5.73 Å². The Morgan fingerprint density at radius 1 is 1.22 bits per heavy atom. The third-order valence-corrected chi connectivity index (χ3v) is 3.95. The molecule has 0 aliphatic heterocycles. The van der Waals surface area contributed by atoms with E-state index in [9.17, 15) is 8.78 Å². The molecule has 0 atom stereocenters. The molecule has 2 N–H and O–H groups in total. The first-order valence-corrected chi connectivity index (χ1v) is 6.81. The van der Waals surface area contributed by atoms with E-state index in [1.54, 1.807) is 0 Å². The lowest BCUT2D eigenvalue weighted by Crippen LogP contribution is -2.02. The predicted molar refractivity (Wildman–Crippen MR) is 70.6 cm³/mol. The van der Waals surface area contributed by atoms with E-state index in [4.69, 9.17) is 10.5 Å². The van der Waals surface area contributed by atoms with E-state index in [1.807, 2.05) is 11.4 Å². The maximum atomic E-state index is 13.6. The number of halogens is 3. The lowest BCUT2D eigenvalue weighted by Gasteiger charge is -2.08. The molecular formula is C12H10BrF2NOS. The lowest BCUT2D eigenvalue weighted by atomic mass is 10.2. The van der Waals surface area contributed by atoms with Gasteiger partial charge in [0.15, 0.2) is 17.4 Å². The maximum Gasteiger partial charge on any atom is 0.191 e. The molecule has 2 rings (SSSR count). The van der Waals surface area contributed by atoms with Gasteiger partial charge in [0.2, 0.25) is 0 Å². The highest BCUT2D eigenvalue weighted by molar-refractivity contribution is 9.10. The number of ether oxygens (including phenoxy) is 1. The summed E-state index contributed by atoms with van der Waals surface area (Å²) in [6.07, 6.45) is 0. The SMILES string of the molecule is NCc1cc(F)c(OCc2cc(Br)cs2)c(F)c1. The second kappa shape index (κ2) is 5.77. The van der Waals surface area contributed by atoms with Crippen molar-refractivity contribution in [3.05, 3.63) is 50.1 Å². The van der Waals surface area contributed by atoms with Gasteiger partial charge in [0.05, 0.1) is 0 Å². The second-order valence-corrected chi connectivity index (χ2v) is 5.52. The normalized spacial score (nSPS) is 10.7. The molecule has 0 aliphatic rings. The van der Waals surface area contributed by atoms with Gasteiger partial charge in [-0.1, -0.05) is 0 Å². The topological polar surface area (TPSA) is 35.2 Å². The molecule has 1 heterocycles. The summed E-state index contributed by atoms with van der Waals surface area (Å²) >= 11 is 4.75. The molecule has 96 valence electrons. The fourth-order valence-electron chi connectivity index (χ4n) is 1.44. The zero-order chi connectivity index (χ0) is 13.1. The van der Waals surface area contributed by atoms with E-state index in [2.05, 4.69) is 15.9 Å². The Bertz CT molecular complexity index is 536. The van der Waals surface area contributed by atoms with Crippen LogP contribution in [0.25, 0.3) is 0 Å². The Balaban J connectivity index is 2.14. The van der Waals surface area contributed by atoms with Crippen molar-refractivity contribution in [3.8, 4) is 5.75 Å². The van der Waals surface area contributed by atoms with Gasteiger partial charge in [0.25, 0.3) is 0 Å². The summed E-state index contributed by atoms with van der Waals surface area (Å²) in [5, 5.41) is 1.88. The minimum atomic E-state index is -0.730. The Labute approximate surface area is 116 Å². The van der Waals surface area contributed by atoms with Gasteiger partial charge in [-0.3, -0.25) is 0 Å². The van der Waals surface area contributed by atoms with Gasteiger partial charge in [-0.15, -0.1) is 11.3 Å². The molecule has 1 aromatic heterocycles. The molecule has 2 aromatic rings. The predicted octanol–water partition coefficient (Wildman–Crippen LogP) is 3.83. The molecule has 0 saturated carbocycles. The van der Waals surface area contributed by atoms with Crippen LogP contribution < -0.4 is 10.5 Å². The smallest absolute Gasteiger partial charge is 0.191 e. The molecule has 0 unspecified atom stereocenters. The molecule has 0 aliphatic carbocycles. The Morgan fingerprint density at radius 3 is 2.39 bits per heavy atom. The standard InChI is InChI=1S/C12H10BrF2NOS/c13-8-3-9(18-6-8)5-17-12-10(14)1-7(4-16)2-11(12)15/h1-3,6H,4-5,16H2. The highest BCUT2D eigenvalue weighted by atomic mass is 79.9. The molecular weight excluding hydrogens is 324 g/mol. The summed E-state index contributed by atoms with van der Waals surface area (Å²) in [4.78, 5) is 0.878. The van der Waals surface area contributed by atoms with Gasteiger partial charge >= 0.3 is 0 Å². The van der Waals surface area contributed by atoms with E-state index < -0.39 is 11.6 Å². The van der Waals surface area contributed by atoms with Crippen molar-refractivity contribution < 1.29 is 13.5 Å². The highest BCUT2D eigenvalue weighted by Gasteiger charge is 2.12. The quantitative estimate of drug-likeness (QED) is 0.922. The van der Waals surface area contributed by atoms with Crippen LogP contribution in [0.2, 0.25) is 0 Å². The number of hydrogen-bond donors (Lipinski definition) is 1. The minimum Gasteiger partial charge on any atom is -0.482 e. The molecule has 0 spiro atoms. The van der Waals surface area contributed by atoms with Gasteiger partial charge in [0, 0.05) is 21.3 Å². The van der Waals surface area contributed by atoms with E-state index in [1.165, 1.54) is 23.5 Å². The third kappa shape index (κ3) is 3.07. The molecule has 0 amide bonds. The van der Waals surface area contributed by atoms with Crippen LogP contribution in [0, 0.1) is 11.6 Å². The van der Waals surface area contributed by atoms with E-state index in [-0.39, 0.29) is 18.9 Å². The Hall–Kier alpha value is -0.980. The fraction of sp³-hybridized carbons (Fsp3) is 0.167. The Morgan fingerprint density at radius 2 is 1.89 bits per heavy atom. The average molecular weight is 334 g/mol. The molecule has 18 heavy (non-hydrogen) atoms. The van der Waals surface area contributed by atoms with E-state index in [0.29, 0.717) is 5.56 Å². The Kier molecular flexibility index (Phi) is 4.31. The monoisotopic (exact) mass is 333 g/mol. The number of nitrogens with two attached hydrogens (primary N) is 1. The molecule has 0 saturated heterocycles. The number of rotatable bonds is 4. The summed E-state index contributed by atoms with van der Waals surface area (Å²) in [5.74, 6) is -1.83. The van der Waals surface area contributed by atoms with Crippen LogP contribution in [0.5, 0.6) is 5.75 Å². The van der Waals surface area contributed by atoms with Crippen molar-refractivity contribution in [1.82, 2.24) is 0 Å². The maximum absolute atomic E-state index is 13.6. The molecule has 2 nitrogen and oxygen atoms in total. The lowest BCUT2D eigenvalue weighted by molar-refractivity contribution is 0.276. The van der Waals surface area contributed by atoms with Gasteiger partial charge < -0.3 is 10.5 Å². The first-order chi connectivity index (χ1) is 8.60. The van der Waals surface area contributed by atoms with Gasteiger partial charge in [0.1, 0.15) is 6.61 Å². The second-order valence-electron chi connectivity index (χ2n) is 3.61. The first kappa shape index (κ1) is 13.5. The summed E-state index contributed by atoms with van der Waals surface area (Å²) in [6.45, 7) is 0.220. The third-order valence-electron chi connectivity index (χ3n) is 2.27. The molecule has 6 heteroatoms. The molecule has 0 radical (unpaired) electrons. The zero-order valence-electron chi connectivity index (χ0n) is 9.25. The van der Waals surface area contributed by atoms with Crippen LogP contribution in [0.1, 0.15) is 10.4 Å². The number of benzene rings is 1. The van der Waals surface area contributed by atoms with E-state index in [0.717, 1.165) is 9.35 Å². The molecule has 0 fully saturated rings. The minimum absolute atomic E-state index is 0.0893. The average Bonchev–Trinajstić information content (AvgIpc) is 2.73. The van der Waals surface area contributed by atoms with Crippen LogP contribution in [-0.4, -0.2) is 0 Å². The van der Waals surface area contributed by atoms with Gasteiger partial charge in [-0.2, -0.15) is 0 Å². The molecule has 1 aromatic carbocycles.